The molecule has 1 amide bonds. The summed E-state index contributed by atoms with van der Waals surface area (Å²) in [6.07, 6.45) is 4.22. The van der Waals surface area contributed by atoms with Crippen LogP contribution in [0.25, 0.3) is 0 Å². The fourth-order valence-corrected chi connectivity index (χ4v) is 3.78. The molecule has 2 aromatic rings. The lowest BCUT2D eigenvalue weighted by molar-refractivity contribution is -0.120. The molecule has 1 aliphatic rings. The van der Waals surface area contributed by atoms with Gasteiger partial charge in [0.25, 0.3) is 0 Å². The minimum Gasteiger partial charge on any atom is -0.355 e. The van der Waals surface area contributed by atoms with Gasteiger partial charge in [0.2, 0.25) is 5.91 Å². The number of hydrogen-bond acceptors (Lipinski definition) is 3. The van der Waals surface area contributed by atoms with E-state index in [1.807, 2.05) is 0 Å². The van der Waals surface area contributed by atoms with Crippen LogP contribution in [-0.4, -0.2) is 50.0 Å². The van der Waals surface area contributed by atoms with Crippen molar-refractivity contribution in [3.05, 3.63) is 71.0 Å². The molecule has 6 nitrogen and oxygen atoms in total. The fraction of sp³-hybridized carbons (Fsp3) is 0.440. The maximum absolute atomic E-state index is 12.9. The molecule has 32 heavy (non-hydrogen) atoms. The second kappa shape index (κ2) is 12.8. The first-order chi connectivity index (χ1) is 15.6. The van der Waals surface area contributed by atoms with Gasteiger partial charge in [0.15, 0.2) is 5.96 Å². The van der Waals surface area contributed by atoms with Crippen LogP contribution >= 0.6 is 0 Å². The molecule has 0 radical (unpaired) electrons. The van der Waals surface area contributed by atoms with Crippen LogP contribution in [0.15, 0.2) is 53.5 Å². The Morgan fingerprint density at radius 2 is 1.50 bits per heavy atom. The summed E-state index contributed by atoms with van der Waals surface area (Å²) in [7, 11) is 1.73. The van der Waals surface area contributed by atoms with E-state index < -0.39 is 0 Å². The second-order valence-corrected chi connectivity index (χ2v) is 8.16. The van der Waals surface area contributed by atoms with Crippen molar-refractivity contribution in [2.24, 2.45) is 4.99 Å². The zero-order valence-corrected chi connectivity index (χ0v) is 18.9. The summed E-state index contributed by atoms with van der Waals surface area (Å²) in [4.78, 5) is 18.8. The van der Waals surface area contributed by atoms with Crippen molar-refractivity contribution in [1.82, 2.24) is 20.9 Å². The van der Waals surface area contributed by atoms with Crippen LogP contribution in [-0.2, 0) is 24.3 Å². The Hall–Kier alpha value is -2.93. The molecule has 0 aromatic heterocycles. The maximum Gasteiger partial charge on any atom is 0.224 e. The van der Waals surface area contributed by atoms with Crippen molar-refractivity contribution in [2.45, 2.75) is 38.8 Å². The van der Waals surface area contributed by atoms with Crippen LogP contribution < -0.4 is 16.0 Å². The van der Waals surface area contributed by atoms with E-state index in [4.69, 9.17) is 0 Å². The van der Waals surface area contributed by atoms with Gasteiger partial charge in [-0.25, -0.2) is 4.39 Å². The number of rotatable bonds is 9. The molecule has 3 N–H and O–H groups in total. The SMILES string of the molecule is CN=C(NCCNC(=O)Cc1ccc(F)cc1)NCc1ccc(CN2CCCCC2)cc1. The topological polar surface area (TPSA) is 68.8 Å². The molecule has 3 rings (SSSR count). The molecule has 0 spiro atoms. The van der Waals surface area contributed by atoms with Gasteiger partial charge >= 0.3 is 0 Å². The third kappa shape index (κ3) is 8.30. The van der Waals surface area contributed by atoms with Crippen molar-refractivity contribution < 1.29 is 9.18 Å². The standard InChI is InChI=1S/C25H34FN5O/c1-27-25(29-14-13-28-24(32)17-20-9-11-23(26)12-10-20)30-18-21-5-7-22(8-6-21)19-31-15-3-2-4-16-31/h5-12H,2-4,13-19H2,1H3,(H,28,32)(H2,27,29,30). The molecule has 7 heteroatoms. The molecule has 0 bridgehead atoms. The fourth-order valence-electron chi connectivity index (χ4n) is 3.78. The molecule has 172 valence electrons. The predicted octanol–water partition coefficient (Wildman–Crippen LogP) is 2.84. The Kier molecular flexibility index (Phi) is 9.50. The normalized spacial score (nSPS) is 14.8. The van der Waals surface area contributed by atoms with E-state index >= 15 is 0 Å². The molecule has 0 unspecified atom stereocenters. The molecule has 1 heterocycles. The maximum atomic E-state index is 12.9. The third-order valence-corrected chi connectivity index (χ3v) is 5.58. The molecule has 0 aliphatic carbocycles. The van der Waals surface area contributed by atoms with Crippen molar-refractivity contribution in [3.8, 4) is 0 Å². The van der Waals surface area contributed by atoms with Crippen molar-refractivity contribution in [1.29, 1.82) is 0 Å². The van der Waals surface area contributed by atoms with E-state index in [0.717, 1.165) is 12.1 Å². The van der Waals surface area contributed by atoms with Gasteiger partial charge in [-0.1, -0.05) is 42.8 Å². The quantitative estimate of drug-likeness (QED) is 0.319. The van der Waals surface area contributed by atoms with Crippen LogP contribution in [0.5, 0.6) is 0 Å². The number of amides is 1. The van der Waals surface area contributed by atoms with Crippen LogP contribution in [0, 0.1) is 5.82 Å². The minimum atomic E-state index is -0.300. The molecule has 0 atom stereocenters. The minimum absolute atomic E-state index is 0.0917. The zero-order chi connectivity index (χ0) is 22.6. The van der Waals surface area contributed by atoms with Crippen molar-refractivity contribution >= 4 is 11.9 Å². The molecule has 1 saturated heterocycles. The van der Waals surface area contributed by atoms with Crippen LogP contribution in [0.3, 0.4) is 0 Å². The van der Waals surface area contributed by atoms with Crippen molar-refractivity contribution in [2.75, 3.05) is 33.2 Å². The molecule has 1 aliphatic heterocycles. The summed E-state index contributed by atoms with van der Waals surface area (Å²) < 4.78 is 12.9. The second-order valence-electron chi connectivity index (χ2n) is 8.16. The summed E-state index contributed by atoms with van der Waals surface area (Å²) in [5, 5.41) is 9.36. The molecule has 0 saturated carbocycles. The van der Waals surface area contributed by atoms with Gasteiger partial charge in [-0.2, -0.15) is 0 Å². The van der Waals surface area contributed by atoms with Gasteiger partial charge in [0, 0.05) is 33.2 Å². The highest BCUT2D eigenvalue weighted by atomic mass is 19.1. The molecule has 2 aromatic carbocycles. The predicted molar refractivity (Wildman–Crippen MR) is 127 cm³/mol. The first-order valence-electron chi connectivity index (χ1n) is 11.4. The third-order valence-electron chi connectivity index (χ3n) is 5.58. The number of halogens is 1. The Morgan fingerprint density at radius 1 is 0.875 bits per heavy atom. The summed E-state index contributed by atoms with van der Waals surface area (Å²) in [6.45, 7) is 5.16. The number of benzene rings is 2. The Balaban J connectivity index is 1.32. The average Bonchev–Trinajstić information content (AvgIpc) is 2.82. The van der Waals surface area contributed by atoms with Crippen LogP contribution in [0.1, 0.15) is 36.0 Å². The number of nitrogens with one attached hydrogen (secondary N) is 3. The largest absolute Gasteiger partial charge is 0.355 e. The van der Waals surface area contributed by atoms with E-state index in [1.54, 1.807) is 19.2 Å². The number of hydrogen-bond donors (Lipinski definition) is 3. The van der Waals surface area contributed by atoms with E-state index in [1.165, 1.54) is 55.6 Å². The number of nitrogens with zero attached hydrogens (tertiary/aromatic N) is 2. The first-order valence-corrected chi connectivity index (χ1v) is 11.4. The molecule has 1 fully saturated rings. The van der Waals surface area contributed by atoms with Gasteiger partial charge in [0.05, 0.1) is 6.42 Å². The Labute approximate surface area is 190 Å². The number of likely N-dealkylation sites (tertiary alicyclic amines) is 1. The number of guanidine groups is 1. The monoisotopic (exact) mass is 439 g/mol. The highest BCUT2D eigenvalue weighted by molar-refractivity contribution is 5.80. The summed E-state index contributed by atoms with van der Waals surface area (Å²) in [6, 6.07) is 14.7. The van der Waals surface area contributed by atoms with Gasteiger partial charge < -0.3 is 16.0 Å². The average molecular weight is 440 g/mol. The van der Waals surface area contributed by atoms with Gasteiger partial charge in [-0.15, -0.1) is 0 Å². The Morgan fingerprint density at radius 3 is 2.19 bits per heavy atom. The van der Waals surface area contributed by atoms with E-state index in [9.17, 15) is 9.18 Å². The highest BCUT2D eigenvalue weighted by Gasteiger charge is 2.10. The van der Waals surface area contributed by atoms with Crippen molar-refractivity contribution in [3.63, 3.8) is 0 Å². The van der Waals surface area contributed by atoms with E-state index in [-0.39, 0.29) is 18.1 Å². The Bertz CT molecular complexity index is 861. The smallest absolute Gasteiger partial charge is 0.224 e. The number of carbonyl (C=O) groups is 1. The van der Waals surface area contributed by atoms with Gasteiger partial charge in [-0.3, -0.25) is 14.7 Å². The zero-order valence-electron chi connectivity index (χ0n) is 18.9. The lowest BCUT2D eigenvalue weighted by Gasteiger charge is -2.26. The number of carbonyl (C=O) groups excluding carboxylic acids is 1. The van der Waals surface area contributed by atoms with Gasteiger partial charge in [0.1, 0.15) is 5.82 Å². The number of piperidine rings is 1. The molecular formula is C25H34FN5O. The van der Waals surface area contributed by atoms with Gasteiger partial charge in [-0.05, 0) is 54.8 Å². The summed E-state index contributed by atoms with van der Waals surface area (Å²) in [5.41, 5.74) is 3.34. The number of aliphatic imine (C=N–C) groups is 1. The lowest BCUT2D eigenvalue weighted by atomic mass is 10.1. The van der Waals surface area contributed by atoms with E-state index in [0.29, 0.717) is 25.6 Å². The summed E-state index contributed by atoms with van der Waals surface area (Å²) in [5.74, 6) is 0.298. The molecular weight excluding hydrogens is 405 g/mol. The van der Waals surface area contributed by atoms with Crippen LogP contribution in [0.4, 0.5) is 4.39 Å². The van der Waals surface area contributed by atoms with E-state index in [2.05, 4.69) is 50.1 Å². The van der Waals surface area contributed by atoms with Crippen LogP contribution in [0.2, 0.25) is 0 Å². The lowest BCUT2D eigenvalue weighted by Crippen LogP contribution is -2.41. The highest BCUT2D eigenvalue weighted by Crippen LogP contribution is 2.13. The summed E-state index contributed by atoms with van der Waals surface area (Å²) >= 11 is 0. The first kappa shape index (κ1) is 23.7.